The predicted octanol–water partition coefficient (Wildman–Crippen LogP) is 2.27. The molecule has 1 atom stereocenters. The molecule has 0 saturated carbocycles. The molecular weight excluding hydrogens is 188 g/mol. The molecule has 0 radical (unpaired) electrons. The van der Waals surface area contributed by atoms with Gasteiger partial charge in [-0.15, -0.1) is 0 Å². The summed E-state index contributed by atoms with van der Waals surface area (Å²) < 4.78 is 5.13. The van der Waals surface area contributed by atoms with E-state index in [1.807, 2.05) is 6.07 Å². The van der Waals surface area contributed by atoms with Crippen molar-refractivity contribution in [3.05, 3.63) is 28.8 Å². The second kappa shape index (κ2) is 4.49. The Morgan fingerprint density at radius 2 is 2.23 bits per heavy atom. The van der Waals surface area contributed by atoms with Gasteiger partial charge in [0.1, 0.15) is 5.75 Å². The first-order valence-electron chi connectivity index (χ1n) is 4.14. The van der Waals surface area contributed by atoms with E-state index in [1.165, 1.54) is 0 Å². The Labute approximate surface area is 83.1 Å². The van der Waals surface area contributed by atoms with Crippen molar-refractivity contribution in [2.24, 2.45) is 0 Å². The van der Waals surface area contributed by atoms with Crippen molar-refractivity contribution in [1.82, 2.24) is 0 Å². The molecule has 0 aliphatic carbocycles. The highest BCUT2D eigenvalue weighted by Gasteiger charge is 2.06. The van der Waals surface area contributed by atoms with Gasteiger partial charge in [-0.2, -0.15) is 0 Å². The van der Waals surface area contributed by atoms with Crippen LogP contribution in [0.1, 0.15) is 12.5 Å². The van der Waals surface area contributed by atoms with Crippen LogP contribution in [0.25, 0.3) is 0 Å². The molecule has 13 heavy (non-hydrogen) atoms. The number of hydrogen-bond acceptors (Lipinski definition) is 2. The summed E-state index contributed by atoms with van der Waals surface area (Å²) in [5.74, 6) is 0.769. The Morgan fingerprint density at radius 1 is 1.54 bits per heavy atom. The van der Waals surface area contributed by atoms with E-state index in [4.69, 9.17) is 16.3 Å². The fourth-order valence-corrected chi connectivity index (χ4v) is 1.42. The maximum Gasteiger partial charge on any atom is 0.122 e. The molecule has 0 aliphatic heterocycles. The minimum absolute atomic E-state index is 0.382. The topological polar surface area (TPSA) is 29.5 Å². The number of halogens is 1. The summed E-state index contributed by atoms with van der Waals surface area (Å²) in [6, 6.07) is 5.39. The Bertz CT molecular complexity index is 284. The van der Waals surface area contributed by atoms with E-state index in [-0.39, 0.29) is 6.10 Å². The fourth-order valence-electron chi connectivity index (χ4n) is 1.22. The maximum absolute atomic E-state index is 9.22. The lowest BCUT2D eigenvalue weighted by molar-refractivity contribution is 0.194. The Morgan fingerprint density at radius 3 is 2.77 bits per heavy atom. The molecule has 0 saturated heterocycles. The molecule has 0 amide bonds. The van der Waals surface area contributed by atoms with Gasteiger partial charge in [0.2, 0.25) is 0 Å². The zero-order valence-corrected chi connectivity index (χ0v) is 8.51. The monoisotopic (exact) mass is 200 g/mol. The lowest BCUT2D eigenvalue weighted by Gasteiger charge is -2.10. The van der Waals surface area contributed by atoms with Crippen LogP contribution < -0.4 is 4.74 Å². The highest BCUT2D eigenvalue weighted by molar-refractivity contribution is 6.30. The molecule has 3 heteroatoms. The van der Waals surface area contributed by atoms with Crippen LogP contribution in [0.4, 0.5) is 0 Å². The summed E-state index contributed by atoms with van der Waals surface area (Å²) in [6.45, 7) is 1.74. The molecule has 0 aromatic heterocycles. The molecule has 0 bridgehead atoms. The second-order valence-corrected chi connectivity index (χ2v) is 3.45. The molecule has 0 spiro atoms. The highest BCUT2D eigenvalue weighted by atomic mass is 35.5. The van der Waals surface area contributed by atoms with Crippen LogP contribution >= 0.6 is 11.6 Å². The van der Waals surface area contributed by atoms with Crippen LogP contribution in [0.3, 0.4) is 0 Å². The van der Waals surface area contributed by atoms with E-state index in [1.54, 1.807) is 26.2 Å². The molecule has 1 N–H and O–H groups in total. The second-order valence-electron chi connectivity index (χ2n) is 3.01. The zero-order valence-electron chi connectivity index (χ0n) is 7.75. The van der Waals surface area contributed by atoms with Crippen molar-refractivity contribution in [3.8, 4) is 5.75 Å². The van der Waals surface area contributed by atoms with Gasteiger partial charge in [0.05, 0.1) is 13.2 Å². The first kappa shape index (κ1) is 10.4. The average molecular weight is 201 g/mol. The third-order valence-electron chi connectivity index (χ3n) is 1.76. The normalized spacial score (nSPS) is 12.6. The Balaban J connectivity index is 2.94. The van der Waals surface area contributed by atoms with Crippen molar-refractivity contribution < 1.29 is 9.84 Å². The van der Waals surface area contributed by atoms with Gasteiger partial charge < -0.3 is 9.84 Å². The molecular formula is C10H13ClO2. The van der Waals surface area contributed by atoms with Crippen LogP contribution in [-0.4, -0.2) is 18.3 Å². The number of rotatable bonds is 3. The highest BCUT2D eigenvalue weighted by Crippen LogP contribution is 2.23. The SMILES string of the molecule is COc1ccc(Cl)cc1C[C@H](C)O. The molecule has 0 unspecified atom stereocenters. The summed E-state index contributed by atoms with van der Waals surface area (Å²) in [7, 11) is 1.61. The van der Waals surface area contributed by atoms with Crippen LogP contribution in [0.15, 0.2) is 18.2 Å². The van der Waals surface area contributed by atoms with Crippen molar-refractivity contribution in [2.75, 3.05) is 7.11 Å². The molecule has 72 valence electrons. The molecule has 1 aromatic rings. The lowest BCUT2D eigenvalue weighted by atomic mass is 10.1. The summed E-state index contributed by atoms with van der Waals surface area (Å²) in [5.41, 5.74) is 0.935. The van der Waals surface area contributed by atoms with Gasteiger partial charge >= 0.3 is 0 Å². The Kier molecular flexibility index (Phi) is 3.58. The van der Waals surface area contributed by atoms with Gasteiger partial charge in [0.25, 0.3) is 0 Å². The quantitative estimate of drug-likeness (QED) is 0.811. The van der Waals surface area contributed by atoms with Crippen molar-refractivity contribution in [2.45, 2.75) is 19.4 Å². The van der Waals surface area contributed by atoms with Gasteiger partial charge in [0, 0.05) is 11.4 Å². The van der Waals surface area contributed by atoms with Gasteiger partial charge in [0.15, 0.2) is 0 Å². The third kappa shape index (κ3) is 2.90. The number of aliphatic hydroxyl groups excluding tert-OH is 1. The van der Waals surface area contributed by atoms with Crippen molar-refractivity contribution >= 4 is 11.6 Å². The number of benzene rings is 1. The van der Waals surface area contributed by atoms with Gasteiger partial charge in [-0.25, -0.2) is 0 Å². The molecule has 0 heterocycles. The third-order valence-corrected chi connectivity index (χ3v) is 1.99. The fraction of sp³-hybridized carbons (Fsp3) is 0.400. The van der Waals surface area contributed by atoms with Crippen LogP contribution in [-0.2, 0) is 6.42 Å². The molecule has 1 aromatic carbocycles. The Hall–Kier alpha value is -0.730. The minimum Gasteiger partial charge on any atom is -0.496 e. The standard InChI is InChI=1S/C10H13ClO2/c1-7(12)5-8-6-9(11)3-4-10(8)13-2/h3-4,6-7,12H,5H2,1-2H3/t7-/m0/s1. The first-order chi connectivity index (χ1) is 6.13. The van der Waals surface area contributed by atoms with E-state index in [0.717, 1.165) is 11.3 Å². The van der Waals surface area contributed by atoms with Crippen LogP contribution in [0.2, 0.25) is 5.02 Å². The van der Waals surface area contributed by atoms with Crippen molar-refractivity contribution in [1.29, 1.82) is 0 Å². The minimum atomic E-state index is -0.382. The maximum atomic E-state index is 9.22. The molecule has 2 nitrogen and oxygen atoms in total. The lowest BCUT2D eigenvalue weighted by Crippen LogP contribution is -2.05. The summed E-state index contributed by atoms with van der Waals surface area (Å²) in [5, 5.41) is 9.88. The number of methoxy groups -OCH3 is 1. The van der Waals surface area contributed by atoms with E-state index in [2.05, 4.69) is 0 Å². The zero-order chi connectivity index (χ0) is 9.84. The van der Waals surface area contributed by atoms with Crippen LogP contribution in [0, 0.1) is 0 Å². The smallest absolute Gasteiger partial charge is 0.122 e. The van der Waals surface area contributed by atoms with E-state index >= 15 is 0 Å². The molecule has 1 rings (SSSR count). The molecule has 0 fully saturated rings. The van der Waals surface area contributed by atoms with Gasteiger partial charge in [-0.05, 0) is 30.7 Å². The average Bonchev–Trinajstić information content (AvgIpc) is 2.03. The van der Waals surface area contributed by atoms with Crippen molar-refractivity contribution in [3.63, 3.8) is 0 Å². The van der Waals surface area contributed by atoms with E-state index in [9.17, 15) is 5.11 Å². The summed E-state index contributed by atoms with van der Waals surface area (Å²) in [4.78, 5) is 0. The molecule has 0 aliphatic rings. The van der Waals surface area contributed by atoms with Gasteiger partial charge in [-0.1, -0.05) is 11.6 Å². The van der Waals surface area contributed by atoms with E-state index < -0.39 is 0 Å². The van der Waals surface area contributed by atoms with Crippen LogP contribution in [0.5, 0.6) is 5.75 Å². The number of hydrogen-bond donors (Lipinski definition) is 1. The number of aliphatic hydroxyl groups is 1. The largest absolute Gasteiger partial charge is 0.496 e. The first-order valence-corrected chi connectivity index (χ1v) is 4.51. The summed E-state index contributed by atoms with van der Waals surface area (Å²) >= 11 is 5.82. The predicted molar refractivity (Wildman–Crippen MR) is 53.4 cm³/mol. The number of ether oxygens (including phenoxy) is 1. The van der Waals surface area contributed by atoms with E-state index in [0.29, 0.717) is 11.4 Å². The van der Waals surface area contributed by atoms with Gasteiger partial charge in [-0.3, -0.25) is 0 Å². The summed E-state index contributed by atoms with van der Waals surface area (Å²) in [6.07, 6.45) is 0.177.